The van der Waals surface area contributed by atoms with Crippen molar-refractivity contribution in [2.75, 3.05) is 38.0 Å². The Labute approximate surface area is 173 Å². The van der Waals surface area contributed by atoms with Crippen molar-refractivity contribution in [1.29, 1.82) is 0 Å². The fourth-order valence-corrected chi connectivity index (χ4v) is 3.35. The van der Waals surface area contributed by atoms with Gasteiger partial charge >= 0.3 is 5.63 Å². The summed E-state index contributed by atoms with van der Waals surface area (Å²) in [7, 11) is 7.76. The zero-order chi connectivity index (χ0) is 21.4. The quantitative estimate of drug-likeness (QED) is 0.460. The summed E-state index contributed by atoms with van der Waals surface area (Å²) in [6.07, 6.45) is 0.712. The number of anilines is 2. The van der Waals surface area contributed by atoms with Crippen molar-refractivity contribution in [2.24, 2.45) is 0 Å². The highest BCUT2D eigenvalue weighted by atomic mass is 16.4. The molecule has 0 aliphatic carbocycles. The van der Waals surface area contributed by atoms with E-state index in [1.54, 1.807) is 24.3 Å². The number of carbonyl (C=O) groups is 1. The highest BCUT2D eigenvalue weighted by Gasteiger charge is 2.09. The molecule has 0 atom stereocenters. The summed E-state index contributed by atoms with van der Waals surface area (Å²) in [5.41, 5.74) is 3.08. The third-order valence-electron chi connectivity index (χ3n) is 5.04. The Hall–Kier alpha value is -3.80. The second-order valence-electron chi connectivity index (χ2n) is 7.51. The molecular weight excluding hydrogens is 380 g/mol. The Bertz CT molecular complexity index is 1400. The number of hydrogen-bond donors (Lipinski definition) is 0. The zero-order valence-corrected chi connectivity index (χ0v) is 17.3. The molecule has 0 saturated heterocycles. The molecule has 30 heavy (non-hydrogen) atoms. The molecule has 0 N–H and O–H groups in total. The molecule has 0 amide bonds. The maximum absolute atomic E-state index is 13.0. The van der Waals surface area contributed by atoms with Crippen LogP contribution < -0.4 is 15.4 Å². The molecule has 0 aliphatic heterocycles. The lowest BCUT2D eigenvalue weighted by Gasteiger charge is -2.13. The van der Waals surface area contributed by atoms with Crippen LogP contribution in [0.1, 0.15) is 10.4 Å². The number of benzene rings is 3. The third-order valence-corrected chi connectivity index (χ3v) is 5.04. The highest BCUT2D eigenvalue weighted by molar-refractivity contribution is 6.05. The molecule has 0 unspecified atom stereocenters. The number of hydrogen-bond acceptors (Lipinski definition) is 6. The number of carbonyl (C=O) groups excluding carboxylic acids is 1. The Morgan fingerprint density at radius 3 is 1.97 bits per heavy atom. The summed E-state index contributed by atoms with van der Waals surface area (Å²) in [6, 6.07) is 16.2. The minimum atomic E-state index is -0.541. The average Bonchev–Trinajstić information content (AvgIpc) is 2.78. The summed E-state index contributed by atoms with van der Waals surface area (Å²) in [4.78, 5) is 28.3. The van der Waals surface area contributed by atoms with E-state index in [-0.39, 0.29) is 0 Å². The van der Waals surface area contributed by atoms with Gasteiger partial charge in [0.25, 0.3) is 0 Å². The van der Waals surface area contributed by atoms with Gasteiger partial charge in [-0.1, -0.05) is 12.1 Å². The normalized spacial score (nSPS) is 10.9. The van der Waals surface area contributed by atoms with Gasteiger partial charge in [-0.15, -0.1) is 0 Å². The Morgan fingerprint density at radius 1 is 0.667 bits per heavy atom. The van der Waals surface area contributed by atoms with Crippen LogP contribution in [0.4, 0.5) is 11.4 Å². The fraction of sp³-hybridized carbons (Fsp3) is 0.167. The summed E-state index contributed by atoms with van der Waals surface area (Å²) in [5.74, 6) is 0. The van der Waals surface area contributed by atoms with Crippen LogP contribution in [0.15, 0.2) is 68.2 Å². The second-order valence-corrected chi connectivity index (χ2v) is 7.51. The van der Waals surface area contributed by atoms with Crippen molar-refractivity contribution in [2.45, 2.75) is 0 Å². The Balaban J connectivity index is 2.29. The highest BCUT2D eigenvalue weighted by Crippen LogP contribution is 2.28. The smallest absolute Gasteiger partial charge is 0.344 e. The van der Waals surface area contributed by atoms with Gasteiger partial charge in [0.15, 0.2) is 11.2 Å². The second kappa shape index (κ2) is 7.55. The van der Waals surface area contributed by atoms with Crippen LogP contribution in [0.5, 0.6) is 0 Å². The Kier molecular flexibility index (Phi) is 4.91. The molecule has 0 fully saturated rings. The lowest BCUT2D eigenvalue weighted by Crippen LogP contribution is -2.08. The summed E-state index contributed by atoms with van der Waals surface area (Å²) in [6.45, 7) is 0. The van der Waals surface area contributed by atoms with Crippen molar-refractivity contribution >= 4 is 50.6 Å². The molecule has 1 aromatic heterocycles. The van der Waals surface area contributed by atoms with Gasteiger partial charge in [-0.25, -0.2) is 4.79 Å². The van der Waals surface area contributed by atoms with Crippen LogP contribution >= 0.6 is 0 Å². The van der Waals surface area contributed by atoms with Gasteiger partial charge in [0, 0.05) is 62.6 Å². The first-order valence-corrected chi connectivity index (χ1v) is 9.50. The molecule has 6 nitrogen and oxygen atoms in total. The van der Waals surface area contributed by atoms with Crippen LogP contribution in [0.2, 0.25) is 0 Å². The van der Waals surface area contributed by atoms with Gasteiger partial charge in [-0.3, -0.25) is 4.79 Å². The molecular formula is C24H22N2O4. The number of fused-ring (bicyclic) bond motifs is 4. The molecule has 152 valence electrons. The van der Waals surface area contributed by atoms with Gasteiger partial charge in [0.1, 0.15) is 11.9 Å². The first-order chi connectivity index (χ1) is 14.4. The summed E-state index contributed by atoms with van der Waals surface area (Å²) < 4.78 is 12.0. The van der Waals surface area contributed by atoms with E-state index >= 15 is 0 Å². The lowest BCUT2D eigenvalue weighted by atomic mass is 10.1. The average molecular weight is 402 g/mol. The van der Waals surface area contributed by atoms with E-state index in [0.717, 1.165) is 16.8 Å². The van der Waals surface area contributed by atoms with Crippen molar-refractivity contribution in [3.05, 3.63) is 70.6 Å². The monoisotopic (exact) mass is 402 g/mol. The largest absolute Gasteiger partial charge is 0.453 e. The molecule has 6 heteroatoms. The zero-order valence-electron chi connectivity index (χ0n) is 17.3. The van der Waals surface area contributed by atoms with Crippen LogP contribution in [0.25, 0.3) is 32.9 Å². The topological polar surface area (TPSA) is 66.9 Å². The molecule has 0 radical (unpaired) electrons. The minimum Gasteiger partial charge on any atom is -0.453 e. The lowest BCUT2D eigenvalue weighted by molar-refractivity contribution is 0.112. The SMILES string of the molecule is CN(C)c1ccc2oc(=O)c3cc(C=O)ccc3c3ccc(N(C)C)cc3oc2c1. The van der Waals surface area contributed by atoms with E-state index < -0.39 is 5.63 Å². The van der Waals surface area contributed by atoms with E-state index in [9.17, 15) is 9.59 Å². The Morgan fingerprint density at radius 2 is 1.30 bits per heavy atom. The minimum absolute atomic E-state index is 0.312. The molecule has 4 rings (SSSR count). The van der Waals surface area contributed by atoms with E-state index in [1.165, 1.54) is 0 Å². The molecule has 0 spiro atoms. The summed E-state index contributed by atoms with van der Waals surface area (Å²) >= 11 is 0. The van der Waals surface area contributed by atoms with Gasteiger partial charge in [-0.05, 0) is 35.7 Å². The van der Waals surface area contributed by atoms with E-state index in [1.807, 2.05) is 68.3 Å². The maximum Gasteiger partial charge on any atom is 0.344 e. The molecule has 3 aromatic carbocycles. The fourth-order valence-electron chi connectivity index (χ4n) is 3.35. The van der Waals surface area contributed by atoms with Crippen molar-refractivity contribution < 1.29 is 13.6 Å². The first-order valence-electron chi connectivity index (χ1n) is 9.50. The first kappa shape index (κ1) is 19.5. The molecule has 0 bridgehead atoms. The van der Waals surface area contributed by atoms with Crippen LogP contribution in [0.3, 0.4) is 0 Å². The summed E-state index contributed by atoms with van der Waals surface area (Å²) in [5, 5.41) is 1.70. The number of aldehydes is 1. The van der Waals surface area contributed by atoms with E-state index in [0.29, 0.717) is 39.4 Å². The van der Waals surface area contributed by atoms with Crippen molar-refractivity contribution in [3.8, 4) is 0 Å². The predicted molar refractivity (Wildman–Crippen MR) is 121 cm³/mol. The van der Waals surface area contributed by atoms with Crippen molar-refractivity contribution in [1.82, 2.24) is 0 Å². The van der Waals surface area contributed by atoms with Crippen molar-refractivity contribution in [3.63, 3.8) is 0 Å². The van der Waals surface area contributed by atoms with Crippen LogP contribution in [-0.4, -0.2) is 34.5 Å². The molecule has 1 heterocycles. The van der Waals surface area contributed by atoms with Crippen LogP contribution in [0, 0.1) is 0 Å². The standard InChI is InChI=1S/C24H22N2O4/c1-25(2)16-6-9-19-18-8-5-15(14-27)11-20(18)24(28)30-21-10-7-17(26(3)4)13-23(21)29-22(19)12-16/h5-14H,1-4H3. The third kappa shape index (κ3) is 3.48. The van der Waals surface area contributed by atoms with Gasteiger partial charge in [0.05, 0.1) is 5.39 Å². The molecule has 4 aromatic rings. The molecule has 0 saturated carbocycles. The van der Waals surface area contributed by atoms with Gasteiger partial charge < -0.3 is 18.6 Å². The predicted octanol–water partition coefficient (Wildman–Crippen LogP) is 4.76. The number of rotatable bonds is 3. The van der Waals surface area contributed by atoms with Gasteiger partial charge in [-0.2, -0.15) is 0 Å². The van der Waals surface area contributed by atoms with Gasteiger partial charge in [0.2, 0.25) is 0 Å². The van der Waals surface area contributed by atoms with Crippen LogP contribution in [-0.2, 0) is 0 Å². The maximum atomic E-state index is 13.0. The van der Waals surface area contributed by atoms with E-state index in [4.69, 9.17) is 8.83 Å². The number of nitrogens with zero attached hydrogens (tertiary/aromatic N) is 2. The van der Waals surface area contributed by atoms with E-state index in [2.05, 4.69) is 0 Å². The molecule has 0 aliphatic rings.